The zero-order valence-electron chi connectivity index (χ0n) is 20.8. The van der Waals surface area contributed by atoms with Gasteiger partial charge in [-0.1, -0.05) is 28.9 Å². The molecule has 1 fully saturated rings. The number of halogens is 1. The van der Waals surface area contributed by atoms with Gasteiger partial charge in [-0.15, -0.1) is 0 Å². The van der Waals surface area contributed by atoms with Gasteiger partial charge in [-0.05, 0) is 87.6 Å². The van der Waals surface area contributed by atoms with Gasteiger partial charge in [0.1, 0.15) is 11.5 Å². The average molecular weight is 512 g/mol. The van der Waals surface area contributed by atoms with Gasteiger partial charge in [-0.2, -0.15) is 4.31 Å². The van der Waals surface area contributed by atoms with Gasteiger partial charge in [0, 0.05) is 24.7 Å². The number of nitrogens with zero attached hydrogens (tertiary/aromatic N) is 2. The van der Waals surface area contributed by atoms with Crippen LogP contribution in [0.15, 0.2) is 45.8 Å². The molecule has 0 radical (unpaired) electrons. The number of benzene rings is 2. The van der Waals surface area contributed by atoms with Crippen molar-refractivity contribution in [1.82, 2.24) is 9.46 Å². The number of anilines is 1. The lowest BCUT2D eigenvalue weighted by Gasteiger charge is -2.30. The summed E-state index contributed by atoms with van der Waals surface area (Å²) in [5.41, 5.74) is 5.15. The number of rotatable bonds is 6. The molecule has 1 N–H and O–H groups in total. The summed E-state index contributed by atoms with van der Waals surface area (Å²) in [6.07, 6.45) is 4.27. The summed E-state index contributed by atoms with van der Waals surface area (Å²) in [6, 6.07) is 9.70. The van der Waals surface area contributed by atoms with Crippen molar-refractivity contribution in [3.63, 3.8) is 0 Å². The number of carbonyl (C=O) groups is 1. The number of sulfonamides is 1. The first-order valence-corrected chi connectivity index (χ1v) is 13.3. The molecule has 0 bridgehead atoms. The fourth-order valence-corrected chi connectivity index (χ4v) is 6.40. The summed E-state index contributed by atoms with van der Waals surface area (Å²) in [7, 11) is -3.87. The second-order valence-corrected chi connectivity index (χ2v) is 11.2. The van der Waals surface area contributed by atoms with Crippen molar-refractivity contribution in [2.75, 3.05) is 18.4 Å². The van der Waals surface area contributed by atoms with Crippen LogP contribution in [0.4, 0.5) is 10.1 Å². The number of aryl methyl sites for hydroxylation is 4. The van der Waals surface area contributed by atoms with Gasteiger partial charge >= 0.3 is 0 Å². The molecule has 2 aromatic carbocycles. The number of hydrogen-bond donors (Lipinski definition) is 1. The van der Waals surface area contributed by atoms with Crippen LogP contribution in [0.2, 0.25) is 0 Å². The van der Waals surface area contributed by atoms with E-state index < -0.39 is 10.0 Å². The van der Waals surface area contributed by atoms with Crippen LogP contribution in [0, 0.1) is 39.4 Å². The van der Waals surface area contributed by atoms with Crippen LogP contribution in [-0.2, 0) is 14.8 Å². The Balaban J connectivity index is 1.48. The minimum absolute atomic E-state index is 0.0513. The number of hydrogen-bond acceptors (Lipinski definition) is 5. The second kappa shape index (κ2) is 10.4. The molecule has 7 nitrogen and oxygen atoms in total. The van der Waals surface area contributed by atoms with Crippen molar-refractivity contribution in [3.05, 3.63) is 75.9 Å². The van der Waals surface area contributed by atoms with Gasteiger partial charge in [0.2, 0.25) is 15.9 Å². The third-order valence-electron chi connectivity index (χ3n) is 6.51. The smallest absolute Gasteiger partial charge is 0.248 e. The number of piperidine rings is 1. The second-order valence-electron chi connectivity index (χ2n) is 9.28. The monoisotopic (exact) mass is 511 g/mol. The molecule has 36 heavy (non-hydrogen) atoms. The first kappa shape index (κ1) is 25.8. The third-order valence-corrected chi connectivity index (χ3v) is 8.56. The largest absolute Gasteiger partial charge is 0.355 e. The third kappa shape index (κ3) is 5.42. The van der Waals surface area contributed by atoms with Crippen LogP contribution in [-0.4, -0.2) is 36.9 Å². The summed E-state index contributed by atoms with van der Waals surface area (Å²) >= 11 is 0. The molecule has 9 heteroatoms. The van der Waals surface area contributed by atoms with E-state index in [-0.39, 0.29) is 41.4 Å². The minimum Gasteiger partial charge on any atom is -0.355 e. The van der Waals surface area contributed by atoms with Crippen molar-refractivity contribution in [2.24, 2.45) is 5.92 Å². The van der Waals surface area contributed by atoms with Crippen LogP contribution in [0.1, 0.15) is 46.5 Å². The molecule has 3 aromatic rings. The Morgan fingerprint density at radius 1 is 1.06 bits per heavy atom. The highest BCUT2D eigenvalue weighted by Crippen LogP contribution is 2.30. The molecule has 0 atom stereocenters. The molecule has 1 aromatic heterocycles. The maximum Gasteiger partial charge on any atom is 0.248 e. The Hall–Kier alpha value is -3.30. The van der Waals surface area contributed by atoms with Gasteiger partial charge in [0.25, 0.3) is 0 Å². The molecule has 1 aliphatic heterocycles. The predicted octanol–water partition coefficient (Wildman–Crippen LogP) is 5.26. The molecule has 0 aliphatic carbocycles. The fraction of sp³-hybridized carbons (Fsp3) is 0.333. The maximum absolute atomic E-state index is 13.5. The minimum atomic E-state index is -3.87. The Morgan fingerprint density at radius 3 is 2.28 bits per heavy atom. The fourth-order valence-electron chi connectivity index (χ4n) is 4.68. The molecule has 0 spiro atoms. The Bertz CT molecular complexity index is 1380. The highest BCUT2D eigenvalue weighted by molar-refractivity contribution is 7.89. The number of nitrogens with one attached hydrogen (secondary N) is 1. The highest BCUT2D eigenvalue weighted by atomic mass is 32.2. The van der Waals surface area contributed by atoms with Crippen molar-refractivity contribution in [3.8, 4) is 0 Å². The van der Waals surface area contributed by atoms with Gasteiger partial charge in [0.15, 0.2) is 10.7 Å². The zero-order valence-corrected chi connectivity index (χ0v) is 21.7. The summed E-state index contributed by atoms with van der Waals surface area (Å²) in [5, 5.41) is 6.70. The molecule has 4 rings (SSSR count). The Kier molecular flexibility index (Phi) is 7.42. The van der Waals surface area contributed by atoms with Crippen molar-refractivity contribution in [2.45, 2.75) is 45.4 Å². The van der Waals surface area contributed by atoms with E-state index in [0.29, 0.717) is 24.2 Å². The zero-order chi connectivity index (χ0) is 26.0. The first-order chi connectivity index (χ1) is 17.1. The van der Waals surface area contributed by atoms with Crippen LogP contribution >= 0.6 is 0 Å². The van der Waals surface area contributed by atoms with Gasteiger partial charge in [0.05, 0.1) is 0 Å². The summed E-state index contributed by atoms with van der Waals surface area (Å²) in [5.74, 6) is -0.735. The molecule has 1 saturated heterocycles. The van der Waals surface area contributed by atoms with Crippen molar-refractivity contribution in [1.29, 1.82) is 0 Å². The van der Waals surface area contributed by atoms with Crippen molar-refractivity contribution < 1.29 is 22.1 Å². The lowest BCUT2D eigenvalue weighted by molar-refractivity contribution is -0.120. The topological polar surface area (TPSA) is 92.5 Å². The molecule has 2 heterocycles. The molecule has 1 aliphatic rings. The van der Waals surface area contributed by atoms with E-state index in [4.69, 9.17) is 4.52 Å². The normalized spacial score (nSPS) is 15.5. The highest BCUT2D eigenvalue weighted by Gasteiger charge is 2.36. The summed E-state index contributed by atoms with van der Waals surface area (Å²) < 4.78 is 47.0. The number of aromatic nitrogens is 1. The quantitative estimate of drug-likeness (QED) is 0.488. The first-order valence-electron chi connectivity index (χ1n) is 11.8. The SMILES string of the molecule is Cc1cc(C)c(/C=C/c2onc(C)c2S(=O)(=O)N2CCC(C(=O)Nc3ccc(F)cc3)CC2)c(C)c1. The summed E-state index contributed by atoms with van der Waals surface area (Å²) in [6.45, 7) is 8.08. The lowest BCUT2D eigenvalue weighted by Crippen LogP contribution is -2.41. The molecule has 190 valence electrons. The predicted molar refractivity (Wildman–Crippen MR) is 137 cm³/mol. The lowest BCUT2D eigenvalue weighted by atomic mass is 9.97. The molecule has 0 unspecified atom stereocenters. The van der Waals surface area contributed by atoms with Crippen molar-refractivity contribution >= 4 is 33.8 Å². The van der Waals surface area contributed by atoms with E-state index in [1.54, 1.807) is 13.0 Å². The van der Waals surface area contributed by atoms with E-state index in [0.717, 1.165) is 22.3 Å². The number of carbonyl (C=O) groups excluding carboxylic acids is 1. The van der Waals surface area contributed by atoms with Gasteiger partial charge in [-0.3, -0.25) is 4.79 Å². The Labute approximate surface area is 211 Å². The van der Waals surface area contributed by atoms with E-state index >= 15 is 0 Å². The standard InChI is InChI=1S/C27H30FN3O4S/c1-17-15-18(2)24(19(3)16-17)9-10-25-26(20(4)30-35-25)36(33,34)31-13-11-21(12-14-31)27(32)29-23-7-5-22(28)6-8-23/h5-10,15-16,21H,11-14H2,1-4H3,(H,29,32)/b10-9+. The van der Waals surface area contributed by atoms with E-state index in [1.165, 1.54) is 28.6 Å². The van der Waals surface area contributed by atoms with E-state index in [2.05, 4.69) is 22.6 Å². The van der Waals surface area contributed by atoms with Crippen LogP contribution in [0.25, 0.3) is 12.2 Å². The van der Waals surface area contributed by atoms with Crippen LogP contribution in [0.3, 0.4) is 0 Å². The summed E-state index contributed by atoms with van der Waals surface area (Å²) in [4.78, 5) is 12.7. The molecule has 1 amide bonds. The van der Waals surface area contributed by atoms with Crippen LogP contribution in [0.5, 0.6) is 0 Å². The van der Waals surface area contributed by atoms with Gasteiger partial charge in [-0.25, -0.2) is 12.8 Å². The molecular formula is C27H30FN3O4S. The maximum atomic E-state index is 13.5. The molecule has 0 saturated carbocycles. The van der Waals surface area contributed by atoms with E-state index in [9.17, 15) is 17.6 Å². The molecular weight excluding hydrogens is 481 g/mol. The number of amides is 1. The Morgan fingerprint density at radius 2 is 1.67 bits per heavy atom. The van der Waals surface area contributed by atoms with E-state index in [1.807, 2.05) is 26.8 Å². The van der Waals surface area contributed by atoms with Crippen LogP contribution < -0.4 is 5.32 Å². The average Bonchev–Trinajstić information content (AvgIpc) is 3.21. The van der Waals surface area contributed by atoms with Gasteiger partial charge < -0.3 is 9.84 Å².